The molecule has 0 aromatic heterocycles. The Labute approximate surface area is 143 Å². The van der Waals surface area contributed by atoms with Gasteiger partial charge < -0.3 is 14.8 Å². The lowest BCUT2D eigenvalue weighted by Gasteiger charge is -2.22. The fourth-order valence-corrected chi connectivity index (χ4v) is 3.21. The Bertz CT molecular complexity index is 600. The van der Waals surface area contributed by atoms with E-state index in [1.807, 2.05) is 12.1 Å². The van der Waals surface area contributed by atoms with Crippen LogP contribution in [0.25, 0.3) is 0 Å². The first-order valence-corrected chi connectivity index (χ1v) is 8.66. The van der Waals surface area contributed by atoms with Crippen LogP contribution in [0.15, 0.2) is 21.7 Å². The number of hydrazone groups is 1. The highest BCUT2D eigenvalue weighted by molar-refractivity contribution is 9.10. The lowest BCUT2D eigenvalue weighted by molar-refractivity contribution is -0.120. The molecule has 2 aliphatic rings. The maximum absolute atomic E-state index is 11.8. The van der Waals surface area contributed by atoms with E-state index in [-0.39, 0.29) is 12.7 Å². The molecule has 1 aromatic rings. The highest BCUT2D eigenvalue weighted by Crippen LogP contribution is 2.36. The maximum Gasteiger partial charge on any atom is 0.254 e. The highest BCUT2D eigenvalue weighted by atomic mass is 79.9. The van der Waals surface area contributed by atoms with Gasteiger partial charge >= 0.3 is 0 Å². The minimum absolute atomic E-state index is 0.135. The van der Waals surface area contributed by atoms with E-state index in [4.69, 9.17) is 9.47 Å². The molecule has 0 radical (unpaired) electrons. The van der Waals surface area contributed by atoms with Crippen LogP contribution >= 0.6 is 15.9 Å². The zero-order chi connectivity index (χ0) is 16.1. The molecule has 1 heterocycles. The maximum atomic E-state index is 11.8. The topological polar surface area (TPSA) is 72.0 Å². The Balaban J connectivity index is 1.47. The summed E-state index contributed by atoms with van der Waals surface area (Å²) in [7, 11) is 0. The molecule has 0 atom stereocenters. The number of carbonyl (C=O) groups excluding carboxylic acids is 1. The number of benzene rings is 1. The SMILES string of the molecule is O=C(CNC1CCCCC1)N/N=C\c1cc2c(cc1Br)OCO2. The first-order valence-electron chi connectivity index (χ1n) is 7.87. The van der Waals surface area contributed by atoms with Gasteiger partial charge in [0.05, 0.1) is 12.8 Å². The van der Waals surface area contributed by atoms with Crippen LogP contribution in [-0.2, 0) is 4.79 Å². The van der Waals surface area contributed by atoms with E-state index in [2.05, 4.69) is 31.8 Å². The molecule has 3 rings (SSSR count). The molecule has 1 saturated carbocycles. The predicted octanol–water partition coefficient (Wildman–Crippen LogP) is 2.55. The zero-order valence-electron chi connectivity index (χ0n) is 12.8. The molecule has 1 fully saturated rings. The van der Waals surface area contributed by atoms with Crippen molar-refractivity contribution >= 4 is 28.1 Å². The molecular formula is C16H20BrN3O3. The number of hydrogen-bond donors (Lipinski definition) is 2. The lowest BCUT2D eigenvalue weighted by atomic mass is 9.95. The molecule has 0 saturated heterocycles. The number of fused-ring (bicyclic) bond motifs is 1. The van der Waals surface area contributed by atoms with Crippen LogP contribution in [0.1, 0.15) is 37.7 Å². The number of rotatable bonds is 5. The van der Waals surface area contributed by atoms with Crippen molar-refractivity contribution in [1.29, 1.82) is 0 Å². The average Bonchev–Trinajstić information content (AvgIpc) is 3.01. The first-order chi connectivity index (χ1) is 11.2. The summed E-state index contributed by atoms with van der Waals surface area (Å²) in [5, 5.41) is 7.28. The van der Waals surface area contributed by atoms with Crippen LogP contribution in [0.5, 0.6) is 11.5 Å². The summed E-state index contributed by atoms with van der Waals surface area (Å²) >= 11 is 3.45. The molecule has 1 amide bonds. The van der Waals surface area contributed by atoms with Gasteiger partial charge in [0.1, 0.15) is 0 Å². The summed E-state index contributed by atoms with van der Waals surface area (Å²) in [6, 6.07) is 4.11. The Morgan fingerprint density at radius 1 is 1.26 bits per heavy atom. The van der Waals surface area contributed by atoms with Crippen LogP contribution in [0, 0.1) is 0 Å². The van der Waals surface area contributed by atoms with Gasteiger partial charge in [-0.2, -0.15) is 5.10 Å². The number of carbonyl (C=O) groups is 1. The van der Waals surface area contributed by atoms with Crippen LogP contribution in [0.3, 0.4) is 0 Å². The molecule has 23 heavy (non-hydrogen) atoms. The van der Waals surface area contributed by atoms with Gasteiger partial charge in [-0.05, 0) is 40.9 Å². The van der Waals surface area contributed by atoms with Crippen molar-refractivity contribution in [3.63, 3.8) is 0 Å². The van der Waals surface area contributed by atoms with Gasteiger partial charge in [0, 0.05) is 16.1 Å². The molecule has 7 heteroatoms. The highest BCUT2D eigenvalue weighted by Gasteiger charge is 2.16. The molecular weight excluding hydrogens is 362 g/mol. The van der Waals surface area contributed by atoms with Gasteiger partial charge in [0.15, 0.2) is 11.5 Å². The average molecular weight is 382 g/mol. The Hall–Kier alpha value is -1.60. The van der Waals surface area contributed by atoms with E-state index in [0.29, 0.717) is 24.1 Å². The second kappa shape index (κ2) is 7.79. The third-order valence-electron chi connectivity index (χ3n) is 4.04. The molecule has 1 aliphatic carbocycles. The molecule has 124 valence electrons. The lowest BCUT2D eigenvalue weighted by Crippen LogP contribution is -2.38. The van der Waals surface area contributed by atoms with Gasteiger partial charge in [-0.3, -0.25) is 4.79 Å². The number of hydrogen-bond acceptors (Lipinski definition) is 5. The fraction of sp³-hybridized carbons (Fsp3) is 0.500. The van der Waals surface area contributed by atoms with Crippen molar-refractivity contribution in [2.24, 2.45) is 5.10 Å². The predicted molar refractivity (Wildman–Crippen MR) is 90.9 cm³/mol. The quantitative estimate of drug-likeness (QED) is 0.607. The number of ether oxygens (including phenoxy) is 2. The molecule has 2 N–H and O–H groups in total. The molecule has 0 spiro atoms. The van der Waals surface area contributed by atoms with Crippen LogP contribution in [0.4, 0.5) is 0 Å². The standard InChI is InChI=1S/C16H20BrN3O3/c17-13-7-15-14(22-10-23-15)6-11(13)8-19-20-16(21)9-18-12-4-2-1-3-5-12/h6-8,12,18H,1-5,9-10H2,(H,20,21)/b19-8-. The van der Waals surface area contributed by atoms with Gasteiger partial charge in [-0.1, -0.05) is 19.3 Å². The van der Waals surface area contributed by atoms with Gasteiger partial charge in [0.2, 0.25) is 6.79 Å². The van der Waals surface area contributed by atoms with Crippen molar-refractivity contribution in [2.75, 3.05) is 13.3 Å². The molecule has 1 aromatic carbocycles. The summed E-state index contributed by atoms with van der Waals surface area (Å²) in [6.07, 6.45) is 7.69. The zero-order valence-corrected chi connectivity index (χ0v) is 14.4. The second-order valence-corrected chi connectivity index (χ2v) is 6.59. The summed E-state index contributed by atoms with van der Waals surface area (Å²) in [5.74, 6) is 1.25. The van der Waals surface area contributed by atoms with E-state index in [1.54, 1.807) is 6.21 Å². The van der Waals surface area contributed by atoms with Crippen LogP contribution in [-0.4, -0.2) is 31.5 Å². The van der Waals surface area contributed by atoms with E-state index >= 15 is 0 Å². The van der Waals surface area contributed by atoms with E-state index in [1.165, 1.54) is 19.3 Å². The third-order valence-corrected chi connectivity index (χ3v) is 4.73. The van der Waals surface area contributed by atoms with Crippen LogP contribution in [0.2, 0.25) is 0 Å². The largest absolute Gasteiger partial charge is 0.454 e. The normalized spacial score (nSPS) is 17.6. The van der Waals surface area contributed by atoms with Crippen molar-refractivity contribution in [3.8, 4) is 11.5 Å². The monoisotopic (exact) mass is 381 g/mol. The summed E-state index contributed by atoms with van der Waals surface area (Å²) in [5.41, 5.74) is 3.36. The minimum atomic E-state index is -0.135. The van der Waals surface area contributed by atoms with Gasteiger partial charge in [0.25, 0.3) is 5.91 Å². The molecule has 1 aliphatic heterocycles. The van der Waals surface area contributed by atoms with E-state index in [0.717, 1.165) is 22.9 Å². The van der Waals surface area contributed by atoms with Gasteiger partial charge in [-0.25, -0.2) is 5.43 Å². The smallest absolute Gasteiger partial charge is 0.254 e. The molecule has 0 unspecified atom stereocenters. The second-order valence-electron chi connectivity index (χ2n) is 5.74. The Morgan fingerprint density at radius 2 is 2.00 bits per heavy atom. The van der Waals surface area contributed by atoms with E-state index < -0.39 is 0 Å². The molecule has 6 nitrogen and oxygen atoms in total. The van der Waals surface area contributed by atoms with Crippen LogP contribution < -0.4 is 20.2 Å². The Kier molecular flexibility index (Phi) is 5.51. The number of amides is 1. The van der Waals surface area contributed by atoms with Crippen molar-refractivity contribution in [1.82, 2.24) is 10.7 Å². The summed E-state index contributed by atoms with van der Waals surface area (Å²) in [4.78, 5) is 11.8. The van der Waals surface area contributed by atoms with Gasteiger partial charge in [-0.15, -0.1) is 0 Å². The summed E-state index contributed by atoms with van der Waals surface area (Å²) in [6.45, 7) is 0.524. The molecule has 0 bridgehead atoms. The number of nitrogens with one attached hydrogen (secondary N) is 2. The van der Waals surface area contributed by atoms with Crippen molar-refractivity contribution in [2.45, 2.75) is 38.1 Å². The number of halogens is 1. The first kappa shape index (κ1) is 16.3. The Morgan fingerprint density at radius 3 is 2.78 bits per heavy atom. The van der Waals surface area contributed by atoms with Crippen molar-refractivity contribution < 1.29 is 14.3 Å². The summed E-state index contributed by atoms with van der Waals surface area (Å²) < 4.78 is 11.5. The third kappa shape index (κ3) is 4.45. The number of nitrogens with zero attached hydrogens (tertiary/aromatic N) is 1. The fourth-order valence-electron chi connectivity index (χ4n) is 2.79. The van der Waals surface area contributed by atoms with Crippen molar-refractivity contribution in [3.05, 3.63) is 22.2 Å². The minimum Gasteiger partial charge on any atom is -0.454 e. The van der Waals surface area contributed by atoms with E-state index in [9.17, 15) is 4.79 Å².